The standard InChI is InChI=1S/C42H60N4O7SSi/c1-7-8-17-38-43-42(22-12-13-23-42)41(47)45(38)29-33-19-20-35(34(28-33)21-25-52-39-18-11-14-24-51-39)36-15-9-10-16-37(36)54(48,49)46(30-50-26-27-55(4,5)6)40-31(2)32(3)44-53-40/h9-10,15-16,19-20,28,39H,7-8,11-14,17-18,21-27,29-30H2,1-6H3. The summed E-state index contributed by atoms with van der Waals surface area (Å²) < 4.78 is 54.7. The number of anilines is 1. The predicted octanol–water partition coefficient (Wildman–Crippen LogP) is 8.80. The van der Waals surface area contributed by atoms with Crippen LogP contribution in [0.15, 0.2) is 56.9 Å². The topological polar surface area (TPSA) is 124 Å². The number of rotatable bonds is 18. The van der Waals surface area contributed by atoms with Crippen molar-refractivity contribution in [2.24, 2.45) is 4.99 Å². The van der Waals surface area contributed by atoms with Gasteiger partial charge < -0.3 is 18.7 Å². The predicted molar refractivity (Wildman–Crippen MR) is 218 cm³/mol. The van der Waals surface area contributed by atoms with Crippen molar-refractivity contribution in [3.8, 4) is 11.1 Å². The molecule has 1 saturated heterocycles. The van der Waals surface area contributed by atoms with E-state index in [1.54, 1.807) is 19.1 Å². The van der Waals surface area contributed by atoms with Gasteiger partial charge in [-0.1, -0.05) is 87.4 Å². The summed E-state index contributed by atoms with van der Waals surface area (Å²) >= 11 is 0. The van der Waals surface area contributed by atoms with Crippen LogP contribution in [-0.2, 0) is 42.0 Å². The fraction of sp³-hybridized carbons (Fsp3) is 0.595. The number of unbranched alkanes of at least 4 members (excludes halogenated alkanes) is 1. The minimum Gasteiger partial charge on any atom is -0.360 e. The molecule has 1 atom stereocenters. The second-order valence-corrected chi connectivity index (χ2v) is 24.0. The molecule has 55 heavy (non-hydrogen) atoms. The Hall–Kier alpha value is -3.36. The molecule has 11 nitrogen and oxygen atoms in total. The van der Waals surface area contributed by atoms with Gasteiger partial charge in [-0.25, -0.2) is 12.7 Å². The number of nitrogens with zero attached hydrogens (tertiary/aromatic N) is 4. The molecule has 2 aliphatic heterocycles. The quantitative estimate of drug-likeness (QED) is 0.0712. The summed E-state index contributed by atoms with van der Waals surface area (Å²) in [5, 5.41) is 4.09. The average Bonchev–Trinajstić information content (AvgIpc) is 3.85. The van der Waals surface area contributed by atoms with Crippen LogP contribution in [-0.4, -0.2) is 76.7 Å². The number of ether oxygens (including phenoxy) is 3. The lowest BCUT2D eigenvalue weighted by Crippen LogP contribution is -2.40. The summed E-state index contributed by atoms with van der Waals surface area (Å²) in [5.41, 5.74) is 3.87. The van der Waals surface area contributed by atoms with Crippen molar-refractivity contribution in [2.75, 3.05) is 30.9 Å². The Morgan fingerprint density at radius 2 is 1.78 bits per heavy atom. The summed E-state index contributed by atoms with van der Waals surface area (Å²) in [6, 6.07) is 14.1. The lowest BCUT2D eigenvalue weighted by Gasteiger charge is -2.25. The van der Waals surface area contributed by atoms with Crippen LogP contribution in [0.5, 0.6) is 0 Å². The molecule has 0 radical (unpaired) electrons. The molecule has 3 heterocycles. The number of amides is 1. The smallest absolute Gasteiger partial charge is 0.269 e. The number of sulfonamides is 1. The van der Waals surface area contributed by atoms with Crippen molar-refractivity contribution < 1.29 is 31.9 Å². The van der Waals surface area contributed by atoms with Gasteiger partial charge in [-0.3, -0.25) is 14.7 Å². The second kappa shape index (κ2) is 17.8. The van der Waals surface area contributed by atoms with E-state index in [0.717, 1.165) is 92.8 Å². The van der Waals surface area contributed by atoms with Crippen molar-refractivity contribution in [1.82, 2.24) is 10.1 Å². The van der Waals surface area contributed by atoms with E-state index in [0.29, 0.717) is 49.6 Å². The molecular formula is C42H60N4O7SSi. The first-order valence-corrected chi connectivity index (χ1v) is 25.4. The van der Waals surface area contributed by atoms with Gasteiger partial charge in [0.05, 0.1) is 23.7 Å². The number of carbonyl (C=O) groups is 1. The van der Waals surface area contributed by atoms with Gasteiger partial charge in [0.25, 0.3) is 15.9 Å². The molecule has 300 valence electrons. The maximum atomic E-state index is 14.9. The van der Waals surface area contributed by atoms with Gasteiger partial charge in [0, 0.05) is 38.8 Å². The number of aryl methyl sites for hydroxylation is 1. The highest BCUT2D eigenvalue weighted by Gasteiger charge is 2.49. The van der Waals surface area contributed by atoms with Gasteiger partial charge in [-0.2, -0.15) is 0 Å². The fourth-order valence-corrected chi connectivity index (χ4v) is 9.97. The van der Waals surface area contributed by atoms with E-state index in [-0.39, 0.29) is 29.7 Å². The average molecular weight is 793 g/mol. The number of aliphatic imine (C=N–C) groups is 1. The van der Waals surface area contributed by atoms with E-state index in [4.69, 9.17) is 23.7 Å². The Morgan fingerprint density at radius 1 is 1.00 bits per heavy atom. The van der Waals surface area contributed by atoms with Crippen LogP contribution >= 0.6 is 0 Å². The van der Waals surface area contributed by atoms with Gasteiger partial charge >= 0.3 is 0 Å². The molecule has 2 fully saturated rings. The molecule has 1 unspecified atom stereocenters. The Bertz CT molecular complexity index is 1930. The van der Waals surface area contributed by atoms with E-state index in [1.165, 1.54) is 4.31 Å². The maximum Gasteiger partial charge on any atom is 0.269 e. The van der Waals surface area contributed by atoms with Gasteiger partial charge in [-0.15, -0.1) is 0 Å². The first kappa shape index (κ1) is 41.3. The van der Waals surface area contributed by atoms with Crippen LogP contribution in [0.2, 0.25) is 25.7 Å². The number of hydrogen-bond donors (Lipinski definition) is 0. The van der Waals surface area contributed by atoms with Gasteiger partial charge in [0.15, 0.2) is 6.29 Å². The number of carbonyl (C=O) groups excluding carboxylic acids is 1. The van der Waals surface area contributed by atoms with Crippen molar-refractivity contribution in [3.63, 3.8) is 0 Å². The molecule has 1 saturated carbocycles. The van der Waals surface area contributed by atoms with E-state index in [2.05, 4.69) is 37.8 Å². The number of amidine groups is 1. The highest BCUT2D eigenvalue weighted by Crippen LogP contribution is 2.41. The molecule has 1 aromatic heterocycles. The Morgan fingerprint density at radius 3 is 2.47 bits per heavy atom. The zero-order valence-corrected chi connectivity index (χ0v) is 35.5. The largest absolute Gasteiger partial charge is 0.360 e. The van der Waals surface area contributed by atoms with Gasteiger partial charge in [-0.05, 0) is 87.6 Å². The molecular weight excluding hydrogens is 733 g/mol. The Balaban J connectivity index is 1.35. The molecule has 1 spiro atoms. The molecule has 2 aromatic carbocycles. The van der Waals surface area contributed by atoms with Crippen LogP contribution in [0, 0.1) is 13.8 Å². The monoisotopic (exact) mass is 792 g/mol. The normalized spacial score (nSPS) is 18.7. The lowest BCUT2D eigenvalue weighted by molar-refractivity contribution is -0.161. The number of benzene rings is 2. The van der Waals surface area contributed by atoms with E-state index in [9.17, 15) is 13.2 Å². The highest BCUT2D eigenvalue weighted by molar-refractivity contribution is 7.93. The van der Waals surface area contributed by atoms with E-state index < -0.39 is 23.6 Å². The lowest BCUT2D eigenvalue weighted by atomic mass is 9.95. The summed E-state index contributed by atoms with van der Waals surface area (Å²) in [6.45, 7) is 14.3. The van der Waals surface area contributed by atoms with Crippen LogP contribution < -0.4 is 4.31 Å². The van der Waals surface area contributed by atoms with Crippen molar-refractivity contribution in [2.45, 2.75) is 140 Å². The molecule has 1 aliphatic carbocycles. The molecule has 3 aliphatic rings. The van der Waals surface area contributed by atoms with Crippen LogP contribution in [0.1, 0.15) is 93.5 Å². The van der Waals surface area contributed by atoms with Crippen molar-refractivity contribution in [3.05, 3.63) is 64.8 Å². The SMILES string of the molecule is CCCCC1=NC2(CCCC2)C(=O)N1Cc1ccc(-c2ccccc2S(=O)(=O)N(COCC[Si](C)(C)C)c2onc(C)c2C)c(CCOC2CCCCO2)c1. The van der Waals surface area contributed by atoms with Crippen LogP contribution in [0.25, 0.3) is 11.1 Å². The summed E-state index contributed by atoms with van der Waals surface area (Å²) in [7, 11) is -5.63. The van der Waals surface area contributed by atoms with E-state index >= 15 is 0 Å². The summed E-state index contributed by atoms with van der Waals surface area (Å²) in [4.78, 5) is 21.2. The molecule has 1 amide bonds. The first-order chi connectivity index (χ1) is 26.3. The van der Waals surface area contributed by atoms with E-state index in [1.807, 2.05) is 36.1 Å². The Labute approximate surface area is 328 Å². The third-order valence-corrected chi connectivity index (χ3v) is 14.6. The molecule has 13 heteroatoms. The number of aromatic nitrogens is 1. The third-order valence-electron chi connectivity index (χ3n) is 11.1. The van der Waals surface area contributed by atoms with Crippen molar-refractivity contribution >= 4 is 35.7 Å². The van der Waals surface area contributed by atoms with Gasteiger partial charge in [0.2, 0.25) is 5.88 Å². The minimum absolute atomic E-state index is 0.112. The Kier molecular flexibility index (Phi) is 13.4. The summed E-state index contributed by atoms with van der Waals surface area (Å²) in [6.07, 6.45) is 9.65. The maximum absolute atomic E-state index is 14.9. The second-order valence-electron chi connectivity index (χ2n) is 16.6. The fourth-order valence-electron chi connectivity index (χ4n) is 7.67. The molecule has 3 aromatic rings. The van der Waals surface area contributed by atoms with Crippen LogP contribution in [0.3, 0.4) is 0 Å². The molecule has 0 bridgehead atoms. The first-order valence-electron chi connectivity index (χ1n) is 20.2. The summed E-state index contributed by atoms with van der Waals surface area (Å²) in [5.74, 6) is 1.15. The molecule has 6 rings (SSSR count). The zero-order chi connectivity index (χ0) is 39.2. The van der Waals surface area contributed by atoms with Gasteiger partial charge in [0.1, 0.15) is 18.1 Å². The third kappa shape index (κ3) is 9.61. The van der Waals surface area contributed by atoms with Crippen molar-refractivity contribution in [1.29, 1.82) is 0 Å². The zero-order valence-electron chi connectivity index (χ0n) is 33.7. The molecule has 0 N–H and O–H groups in total. The minimum atomic E-state index is -4.21. The highest BCUT2D eigenvalue weighted by atomic mass is 32.2. The van der Waals surface area contributed by atoms with Crippen LogP contribution in [0.4, 0.5) is 5.88 Å². The number of hydrogen-bond acceptors (Lipinski definition) is 9.